The molecule has 1 heterocycles. The van der Waals surface area contributed by atoms with Gasteiger partial charge in [-0.3, -0.25) is 14.4 Å². The maximum atomic E-state index is 13.1. The summed E-state index contributed by atoms with van der Waals surface area (Å²) in [6, 6.07) is 19.6. The highest BCUT2D eigenvalue weighted by Gasteiger charge is 2.16. The molecule has 0 unspecified atom stereocenters. The molecule has 0 bridgehead atoms. The molecule has 0 aliphatic rings. The lowest BCUT2D eigenvalue weighted by molar-refractivity contribution is -0.117. The van der Waals surface area contributed by atoms with Crippen LogP contribution in [0.4, 0.5) is 15.8 Å². The van der Waals surface area contributed by atoms with E-state index in [1.54, 1.807) is 28.8 Å². The minimum Gasteiger partial charge on any atom is -0.325 e. The molecule has 0 radical (unpaired) electrons. The number of anilines is 2. The van der Waals surface area contributed by atoms with Crippen LogP contribution in [0, 0.1) is 5.82 Å². The van der Waals surface area contributed by atoms with Crippen molar-refractivity contribution in [3.8, 4) is 0 Å². The molecular weight excluding hydrogens is 455 g/mol. The number of thioether (sulfide) groups is 1. The van der Waals surface area contributed by atoms with Crippen LogP contribution in [0.15, 0.2) is 78.0 Å². The zero-order valence-electron chi connectivity index (χ0n) is 18.2. The van der Waals surface area contributed by atoms with E-state index in [0.29, 0.717) is 27.6 Å². The van der Waals surface area contributed by atoms with Crippen molar-refractivity contribution in [2.75, 3.05) is 16.4 Å². The average Bonchev–Trinajstić information content (AvgIpc) is 3.17. The van der Waals surface area contributed by atoms with Crippen LogP contribution < -0.4 is 10.6 Å². The number of nitrogens with zero attached hydrogens (tertiary/aromatic N) is 2. The van der Waals surface area contributed by atoms with Crippen LogP contribution >= 0.6 is 11.8 Å². The van der Waals surface area contributed by atoms with Crippen LogP contribution in [0.25, 0.3) is 11.0 Å². The third-order valence-electron chi connectivity index (χ3n) is 4.96. The van der Waals surface area contributed by atoms with Gasteiger partial charge in [-0.2, -0.15) is 0 Å². The Morgan fingerprint density at radius 1 is 0.882 bits per heavy atom. The molecule has 0 saturated heterocycles. The minimum absolute atomic E-state index is 0.00309. The van der Waals surface area contributed by atoms with Crippen molar-refractivity contribution in [2.45, 2.75) is 18.6 Å². The van der Waals surface area contributed by atoms with E-state index in [4.69, 9.17) is 0 Å². The third kappa shape index (κ3) is 5.68. The number of carbonyl (C=O) groups excluding carboxylic acids is 3. The maximum Gasteiger partial charge on any atom is 0.244 e. The molecule has 4 rings (SSSR count). The average molecular weight is 477 g/mol. The highest BCUT2D eigenvalue weighted by Crippen LogP contribution is 2.24. The zero-order valence-corrected chi connectivity index (χ0v) is 19.1. The third-order valence-corrected chi connectivity index (χ3v) is 5.93. The second-order valence-electron chi connectivity index (χ2n) is 7.49. The summed E-state index contributed by atoms with van der Waals surface area (Å²) < 4.78 is 14.8. The number of hydrogen-bond acceptors (Lipinski definition) is 5. The summed E-state index contributed by atoms with van der Waals surface area (Å²) in [7, 11) is 0. The number of rotatable bonds is 8. The minimum atomic E-state index is -0.380. The molecule has 0 aliphatic heterocycles. The maximum absolute atomic E-state index is 13.1. The van der Waals surface area contributed by atoms with E-state index >= 15 is 0 Å². The van der Waals surface area contributed by atoms with Crippen LogP contribution in [-0.4, -0.2) is 32.9 Å². The summed E-state index contributed by atoms with van der Waals surface area (Å²) in [6.07, 6.45) is 0. The van der Waals surface area contributed by atoms with E-state index in [9.17, 15) is 18.8 Å². The Kier molecular flexibility index (Phi) is 7.03. The van der Waals surface area contributed by atoms with Crippen molar-refractivity contribution >= 4 is 51.8 Å². The number of ketones is 1. The van der Waals surface area contributed by atoms with Crippen LogP contribution in [0.5, 0.6) is 0 Å². The first-order valence-corrected chi connectivity index (χ1v) is 11.4. The Hall–Kier alpha value is -3.98. The first-order valence-electron chi connectivity index (χ1n) is 10.4. The summed E-state index contributed by atoms with van der Waals surface area (Å²) in [5, 5.41) is 6.06. The van der Waals surface area contributed by atoms with Crippen molar-refractivity contribution < 1.29 is 18.8 Å². The van der Waals surface area contributed by atoms with E-state index in [1.165, 1.54) is 43.0 Å². The molecule has 2 N–H and O–H groups in total. The summed E-state index contributed by atoms with van der Waals surface area (Å²) in [5.74, 6) is -0.905. The van der Waals surface area contributed by atoms with Crippen molar-refractivity contribution in [3.63, 3.8) is 0 Å². The molecule has 34 heavy (non-hydrogen) atoms. The Morgan fingerprint density at radius 3 is 2.18 bits per heavy atom. The number of benzene rings is 3. The number of para-hydroxylation sites is 2. The lowest BCUT2D eigenvalue weighted by Crippen LogP contribution is -2.20. The topological polar surface area (TPSA) is 93.1 Å². The van der Waals surface area contributed by atoms with E-state index in [0.717, 1.165) is 5.52 Å². The van der Waals surface area contributed by atoms with Crippen LogP contribution in [0.3, 0.4) is 0 Å². The van der Waals surface area contributed by atoms with Crippen LogP contribution in [0.2, 0.25) is 0 Å². The van der Waals surface area contributed by atoms with Gasteiger partial charge in [0.1, 0.15) is 12.4 Å². The molecular formula is C25H21FN4O3S. The van der Waals surface area contributed by atoms with Gasteiger partial charge < -0.3 is 15.2 Å². The monoisotopic (exact) mass is 476 g/mol. The summed E-state index contributed by atoms with van der Waals surface area (Å²) in [6.45, 7) is 1.48. The Bertz CT molecular complexity index is 1350. The predicted molar refractivity (Wildman–Crippen MR) is 131 cm³/mol. The fraction of sp³-hybridized carbons (Fsp3) is 0.120. The van der Waals surface area contributed by atoms with Gasteiger partial charge in [0.05, 0.1) is 16.8 Å². The standard InChI is InChI=1S/C25H21FN4O3S/c1-16(31)17-6-10-19(11-7-17)27-23(32)14-30-22-5-3-2-4-21(22)29-25(30)34-15-24(33)28-20-12-8-18(26)9-13-20/h2-13H,14-15H2,1H3,(H,27,32)(H,28,33). The molecule has 2 amide bonds. The first-order chi connectivity index (χ1) is 16.4. The lowest BCUT2D eigenvalue weighted by Gasteiger charge is -2.10. The number of halogens is 1. The van der Waals surface area contributed by atoms with E-state index in [-0.39, 0.29) is 35.7 Å². The Labute approximate surface area is 199 Å². The number of Topliss-reactive ketones (excluding diaryl/α,β-unsaturated/α-hetero) is 1. The number of fused-ring (bicyclic) bond motifs is 1. The molecule has 0 fully saturated rings. The number of imidazole rings is 1. The molecule has 0 atom stereocenters. The van der Waals surface area contributed by atoms with Gasteiger partial charge in [0.15, 0.2) is 10.9 Å². The van der Waals surface area contributed by atoms with Gasteiger partial charge in [-0.05, 0) is 67.6 Å². The van der Waals surface area contributed by atoms with Crippen LogP contribution in [-0.2, 0) is 16.1 Å². The Balaban J connectivity index is 1.46. The highest BCUT2D eigenvalue weighted by atomic mass is 32.2. The normalized spacial score (nSPS) is 10.8. The van der Waals surface area contributed by atoms with Gasteiger partial charge in [-0.15, -0.1) is 0 Å². The number of amides is 2. The van der Waals surface area contributed by atoms with Crippen molar-refractivity contribution in [2.24, 2.45) is 0 Å². The summed E-state index contributed by atoms with van der Waals surface area (Å²) in [5.41, 5.74) is 3.12. The molecule has 1 aromatic heterocycles. The SMILES string of the molecule is CC(=O)c1ccc(NC(=O)Cn2c(SCC(=O)Nc3ccc(F)cc3)nc3ccccc32)cc1. The lowest BCUT2D eigenvalue weighted by atomic mass is 10.1. The smallest absolute Gasteiger partial charge is 0.244 e. The van der Waals surface area contributed by atoms with Crippen molar-refractivity contribution in [3.05, 3.63) is 84.2 Å². The molecule has 9 heteroatoms. The second-order valence-corrected chi connectivity index (χ2v) is 8.44. The second kappa shape index (κ2) is 10.3. The fourth-order valence-corrected chi connectivity index (χ4v) is 4.12. The van der Waals surface area contributed by atoms with E-state index < -0.39 is 0 Å². The molecule has 4 aromatic rings. The largest absolute Gasteiger partial charge is 0.325 e. The summed E-state index contributed by atoms with van der Waals surface area (Å²) in [4.78, 5) is 41.1. The van der Waals surface area contributed by atoms with Gasteiger partial charge in [-0.1, -0.05) is 23.9 Å². The molecule has 0 aliphatic carbocycles. The van der Waals surface area contributed by atoms with Gasteiger partial charge >= 0.3 is 0 Å². The van der Waals surface area contributed by atoms with Gasteiger partial charge in [0.25, 0.3) is 0 Å². The van der Waals surface area contributed by atoms with Gasteiger partial charge in [0.2, 0.25) is 11.8 Å². The predicted octanol–water partition coefficient (Wildman–Crippen LogP) is 4.75. The quantitative estimate of drug-likeness (QED) is 0.283. The Morgan fingerprint density at radius 2 is 1.50 bits per heavy atom. The van der Waals surface area contributed by atoms with E-state index in [2.05, 4.69) is 15.6 Å². The molecule has 0 spiro atoms. The first kappa shape index (κ1) is 23.2. The molecule has 3 aromatic carbocycles. The van der Waals surface area contributed by atoms with Crippen molar-refractivity contribution in [1.29, 1.82) is 0 Å². The fourth-order valence-electron chi connectivity index (χ4n) is 3.31. The van der Waals surface area contributed by atoms with Crippen LogP contribution in [0.1, 0.15) is 17.3 Å². The van der Waals surface area contributed by atoms with E-state index in [1.807, 2.05) is 24.3 Å². The highest BCUT2D eigenvalue weighted by molar-refractivity contribution is 7.99. The zero-order chi connectivity index (χ0) is 24.1. The molecule has 7 nitrogen and oxygen atoms in total. The van der Waals surface area contributed by atoms with Gasteiger partial charge in [0, 0.05) is 16.9 Å². The summed E-state index contributed by atoms with van der Waals surface area (Å²) >= 11 is 1.20. The van der Waals surface area contributed by atoms with Crippen molar-refractivity contribution in [1.82, 2.24) is 9.55 Å². The number of hydrogen-bond donors (Lipinski definition) is 2. The number of nitrogens with one attached hydrogen (secondary N) is 2. The molecule has 0 saturated carbocycles. The number of aromatic nitrogens is 2. The van der Waals surface area contributed by atoms with Gasteiger partial charge in [-0.25, -0.2) is 9.37 Å². The number of carbonyl (C=O) groups is 3. The molecule has 172 valence electrons.